The molecule has 2 rings (SSSR count). The lowest BCUT2D eigenvalue weighted by Gasteiger charge is -1.99. The fourth-order valence-corrected chi connectivity index (χ4v) is 1.90. The summed E-state index contributed by atoms with van der Waals surface area (Å²) in [6, 6.07) is 4.38. The van der Waals surface area contributed by atoms with Gasteiger partial charge in [-0.05, 0) is 43.5 Å². The molecule has 1 aromatic carbocycles. The molecular formula is C14H15FN2O3. The highest BCUT2D eigenvalue weighted by atomic mass is 19.1. The van der Waals surface area contributed by atoms with Gasteiger partial charge in [0.15, 0.2) is 0 Å². The molecule has 1 aromatic heterocycles. The van der Waals surface area contributed by atoms with Crippen molar-refractivity contribution < 1.29 is 18.8 Å². The van der Waals surface area contributed by atoms with Crippen molar-refractivity contribution in [2.45, 2.75) is 32.6 Å². The lowest BCUT2D eigenvalue weighted by atomic mass is 10.1. The number of aliphatic carboxylic acids is 1. The predicted octanol–water partition coefficient (Wildman–Crippen LogP) is 2.98. The Morgan fingerprint density at radius 1 is 1.40 bits per heavy atom. The molecular weight excluding hydrogens is 263 g/mol. The molecule has 5 nitrogen and oxygen atoms in total. The summed E-state index contributed by atoms with van der Waals surface area (Å²) >= 11 is 0. The zero-order chi connectivity index (χ0) is 14.5. The number of hydrogen-bond donors (Lipinski definition) is 1. The first kappa shape index (κ1) is 14.2. The summed E-state index contributed by atoms with van der Waals surface area (Å²) in [5.74, 6) is -0.216. The number of carboxylic acid groups (broad SMARTS) is 1. The number of unbranched alkanes of at least 4 members (excludes halogenated alkanes) is 1. The van der Waals surface area contributed by atoms with Crippen LogP contribution in [0.4, 0.5) is 4.39 Å². The number of nitrogens with zero attached hydrogens (tertiary/aromatic N) is 2. The molecule has 20 heavy (non-hydrogen) atoms. The summed E-state index contributed by atoms with van der Waals surface area (Å²) in [6.07, 6.45) is 1.93. The minimum atomic E-state index is -0.807. The normalized spacial score (nSPS) is 10.7. The van der Waals surface area contributed by atoms with E-state index in [1.807, 2.05) is 0 Å². The molecule has 1 N–H and O–H groups in total. The lowest BCUT2D eigenvalue weighted by Crippen LogP contribution is -1.95. The maximum absolute atomic E-state index is 13.0. The molecule has 1 heterocycles. The third-order valence-electron chi connectivity index (χ3n) is 2.93. The van der Waals surface area contributed by atoms with E-state index in [2.05, 4.69) is 10.1 Å². The van der Waals surface area contributed by atoms with Crippen LogP contribution in [0, 0.1) is 12.7 Å². The van der Waals surface area contributed by atoms with Crippen LogP contribution < -0.4 is 0 Å². The van der Waals surface area contributed by atoms with Gasteiger partial charge in [-0.2, -0.15) is 4.98 Å². The zero-order valence-electron chi connectivity index (χ0n) is 11.1. The van der Waals surface area contributed by atoms with Gasteiger partial charge in [0.05, 0.1) is 0 Å². The number of carboxylic acids is 1. The van der Waals surface area contributed by atoms with Gasteiger partial charge in [-0.3, -0.25) is 4.79 Å². The Morgan fingerprint density at radius 2 is 2.20 bits per heavy atom. The molecule has 0 saturated carbocycles. The van der Waals surface area contributed by atoms with Gasteiger partial charge in [0.1, 0.15) is 5.82 Å². The Kier molecular flexibility index (Phi) is 4.45. The van der Waals surface area contributed by atoms with E-state index in [4.69, 9.17) is 9.63 Å². The Hall–Kier alpha value is -2.24. The van der Waals surface area contributed by atoms with Crippen molar-refractivity contribution in [2.75, 3.05) is 0 Å². The van der Waals surface area contributed by atoms with Crippen molar-refractivity contribution in [3.8, 4) is 11.4 Å². The third-order valence-corrected chi connectivity index (χ3v) is 2.93. The first-order chi connectivity index (χ1) is 9.56. The van der Waals surface area contributed by atoms with E-state index in [-0.39, 0.29) is 12.2 Å². The predicted molar refractivity (Wildman–Crippen MR) is 69.6 cm³/mol. The quantitative estimate of drug-likeness (QED) is 0.822. The van der Waals surface area contributed by atoms with Gasteiger partial charge in [0.25, 0.3) is 0 Å². The van der Waals surface area contributed by atoms with Gasteiger partial charge in [0.2, 0.25) is 11.7 Å². The molecule has 0 spiro atoms. The van der Waals surface area contributed by atoms with Crippen LogP contribution in [0.2, 0.25) is 0 Å². The zero-order valence-corrected chi connectivity index (χ0v) is 11.1. The summed E-state index contributed by atoms with van der Waals surface area (Å²) in [5, 5.41) is 12.4. The second kappa shape index (κ2) is 6.27. The van der Waals surface area contributed by atoms with E-state index in [1.165, 1.54) is 12.1 Å². The summed E-state index contributed by atoms with van der Waals surface area (Å²) in [5.41, 5.74) is 1.47. The van der Waals surface area contributed by atoms with Crippen LogP contribution >= 0.6 is 0 Å². The highest BCUT2D eigenvalue weighted by Crippen LogP contribution is 2.21. The molecule has 0 bridgehead atoms. The minimum absolute atomic E-state index is 0.137. The monoisotopic (exact) mass is 278 g/mol. The van der Waals surface area contributed by atoms with Gasteiger partial charge in [0, 0.05) is 18.4 Å². The van der Waals surface area contributed by atoms with Crippen LogP contribution in [0.1, 0.15) is 30.7 Å². The number of hydrogen-bond acceptors (Lipinski definition) is 4. The molecule has 0 radical (unpaired) electrons. The summed E-state index contributed by atoms with van der Waals surface area (Å²) in [4.78, 5) is 14.6. The van der Waals surface area contributed by atoms with Crippen LogP contribution in [-0.4, -0.2) is 21.2 Å². The van der Waals surface area contributed by atoms with Crippen molar-refractivity contribution in [2.24, 2.45) is 0 Å². The highest BCUT2D eigenvalue weighted by molar-refractivity contribution is 5.66. The first-order valence-electron chi connectivity index (χ1n) is 6.37. The van der Waals surface area contributed by atoms with E-state index in [0.717, 1.165) is 11.1 Å². The molecule has 0 unspecified atom stereocenters. The maximum atomic E-state index is 13.0. The van der Waals surface area contributed by atoms with Gasteiger partial charge in [-0.15, -0.1) is 0 Å². The molecule has 0 amide bonds. The van der Waals surface area contributed by atoms with Crippen LogP contribution in [-0.2, 0) is 11.2 Å². The van der Waals surface area contributed by atoms with Gasteiger partial charge in [-0.1, -0.05) is 5.16 Å². The van der Waals surface area contributed by atoms with E-state index >= 15 is 0 Å². The number of aryl methyl sites for hydroxylation is 2. The van der Waals surface area contributed by atoms with E-state index in [0.29, 0.717) is 31.0 Å². The van der Waals surface area contributed by atoms with Crippen molar-refractivity contribution in [3.63, 3.8) is 0 Å². The molecule has 0 atom stereocenters. The topological polar surface area (TPSA) is 76.2 Å². The SMILES string of the molecule is Cc1cc(F)ccc1-c1noc(CCCCC(=O)O)n1. The Morgan fingerprint density at radius 3 is 2.90 bits per heavy atom. The Labute approximate surface area is 115 Å². The Bertz CT molecular complexity index is 610. The van der Waals surface area contributed by atoms with Crippen molar-refractivity contribution in [1.82, 2.24) is 10.1 Å². The first-order valence-corrected chi connectivity index (χ1v) is 6.37. The molecule has 0 aliphatic rings. The number of aromatic nitrogens is 2. The number of halogens is 1. The fraction of sp³-hybridized carbons (Fsp3) is 0.357. The largest absolute Gasteiger partial charge is 0.481 e. The Balaban J connectivity index is 1.99. The van der Waals surface area contributed by atoms with E-state index < -0.39 is 5.97 Å². The van der Waals surface area contributed by atoms with Crippen LogP contribution in [0.5, 0.6) is 0 Å². The molecule has 0 fully saturated rings. The van der Waals surface area contributed by atoms with Gasteiger partial charge < -0.3 is 9.63 Å². The minimum Gasteiger partial charge on any atom is -0.481 e. The molecule has 6 heteroatoms. The number of benzene rings is 1. The number of rotatable bonds is 6. The average Bonchev–Trinajstić information content (AvgIpc) is 2.83. The second-order valence-electron chi connectivity index (χ2n) is 4.57. The number of carbonyl (C=O) groups is 1. The van der Waals surface area contributed by atoms with Crippen molar-refractivity contribution in [3.05, 3.63) is 35.5 Å². The fourth-order valence-electron chi connectivity index (χ4n) is 1.90. The van der Waals surface area contributed by atoms with Crippen LogP contribution in [0.3, 0.4) is 0 Å². The second-order valence-corrected chi connectivity index (χ2v) is 4.57. The highest BCUT2D eigenvalue weighted by Gasteiger charge is 2.11. The standard InChI is InChI=1S/C14H15FN2O3/c1-9-8-10(15)6-7-11(9)14-16-12(20-17-14)4-2-3-5-13(18)19/h6-8H,2-5H2,1H3,(H,18,19). The van der Waals surface area contributed by atoms with Gasteiger partial charge >= 0.3 is 5.97 Å². The molecule has 0 aliphatic carbocycles. The van der Waals surface area contributed by atoms with E-state index in [1.54, 1.807) is 13.0 Å². The van der Waals surface area contributed by atoms with Gasteiger partial charge in [-0.25, -0.2) is 4.39 Å². The summed E-state index contributed by atoms with van der Waals surface area (Å²) in [6.45, 7) is 1.78. The molecule has 106 valence electrons. The lowest BCUT2D eigenvalue weighted by molar-refractivity contribution is -0.137. The van der Waals surface area contributed by atoms with E-state index in [9.17, 15) is 9.18 Å². The maximum Gasteiger partial charge on any atom is 0.303 e. The van der Waals surface area contributed by atoms with Crippen LogP contribution in [0.25, 0.3) is 11.4 Å². The summed E-state index contributed by atoms with van der Waals surface area (Å²) < 4.78 is 18.1. The molecule has 0 saturated heterocycles. The molecule has 0 aliphatic heterocycles. The smallest absolute Gasteiger partial charge is 0.303 e. The average molecular weight is 278 g/mol. The van der Waals surface area contributed by atoms with Crippen LogP contribution in [0.15, 0.2) is 22.7 Å². The summed E-state index contributed by atoms with van der Waals surface area (Å²) in [7, 11) is 0. The van der Waals surface area contributed by atoms with Crippen molar-refractivity contribution in [1.29, 1.82) is 0 Å². The van der Waals surface area contributed by atoms with Crippen molar-refractivity contribution >= 4 is 5.97 Å². The third kappa shape index (κ3) is 3.63. The molecule has 2 aromatic rings.